The van der Waals surface area contributed by atoms with Gasteiger partial charge in [0.2, 0.25) is 0 Å². The number of hydrogen-bond acceptors (Lipinski definition) is 1. The fourth-order valence-corrected chi connectivity index (χ4v) is 1.55. The molecular formula is C12H23Cl2N. The van der Waals surface area contributed by atoms with Gasteiger partial charge in [-0.25, -0.2) is 0 Å². The van der Waals surface area contributed by atoms with E-state index in [4.69, 9.17) is 23.2 Å². The Kier molecular flexibility index (Phi) is 9.68. The molecule has 0 aliphatic rings. The third-order valence-electron chi connectivity index (χ3n) is 2.44. The zero-order valence-electron chi connectivity index (χ0n) is 10.2. The molecule has 0 saturated carbocycles. The van der Waals surface area contributed by atoms with E-state index in [0.29, 0.717) is 4.49 Å². The lowest BCUT2D eigenvalue weighted by Gasteiger charge is -2.22. The van der Waals surface area contributed by atoms with Crippen LogP contribution < -0.4 is 0 Å². The number of halogens is 2. The molecule has 0 aromatic carbocycles. The average molecular weight is 252 g/mol. The van der Waals surface area contributed by atoms with Crippen LogP contribution >= 0.6 is 23.2 Å². The number of unbranched alkanes of at least 4 members (excludes halogenated alkanes) is 2. The Balaban J connectivity index is 4.05. The average Bonchev–Trinajstić information content (AvgIpc) is 2.21. The zero-order valence-corrected chi connectivity index (χ0v) is 11.7. The van der Waals surface area contributed by atoms with Crippen LogP contribution in [-0.2, 0) is 0 Å². The molecule has 0 spiro atoms. The van der Waals surface area contributed by atoms with Crippen molar-refractivity contribution in [2.45, 2.75) is 46.5 Å². The minimum absolute atomic E-state index is 0.424. The SMILES string of the molecule is CCCCN(CCCC)CC(C)=C(Cl)Cl. The molecule has 15 heavy (non-hydrogen) atoms. The highest BCUT2D eigenvalue weighted by Gasteiger charge is 2.06. The Morgan fingerprint density at radius 2 is 1.47 bits per heavy atom. The van der Waals surface area contributed by atoms with Crippen LogP contribution in [0.15, 0.2) is 10.1 Å². The third-order valence-corrected chi connectivity index (χ3v) is 3.08. The fraction of sp³-hybridized carbons (Fsp3) is 0.833. The van der Waals surface area contributed by atoms with Crippen LogP contribution in [0.25, 0.3) is 0 Å². The lowest BCUT2D eigenvalue weighted by atomic mass is 10.2. The molecule has 0 aliphatic heterocycles. The zero-order chi connectivity index (χ0) is 11.7. The van der Waals surface area contributed by atoms with Crippen molar-refractivity contribution >= 4 is 23.2 Å². The second-order valence-corrected chi connectivity index (χ2v) is 4.97. The number of nitrogens with zero attached hydrogens (tertiary/aromatic N) is 1. The van der Waals surface area contributed by atoms with Gasteiger partial charge in [-0.15, -0.1) is 0 Å². The van der Waals surface area contributed by atoms with Crippen molar-refractivity contribution in [1.82, 2.24) is 4.90 Å². The van der Waals surface area contributed by atoms with Gasteiger partial charge in [0.15, 0.2) is 0 Å². The molecule has 0 fully saturated rings. The first-order valence-corrected chi connectivity index (χ1v) is 6.60. The Bertz CT molecular complexity index is 178. The largest absolute Gasteiger partial charge is 0.299 e. The summed E-state index contributed by atoms with van der Waals surface area (Å²) < 4.78 is 0.424. The van der Waals surface area contributed by atoms with Gasteiger partial charge < -0.3 is 0 Å². The minimum atomic E-state index is 0.424. The first kappa shape index (κ1) is 15.3. The molecule has 0 aromatic heterocycles. The fourth-order valence-electron chi connectivity index (χ4n) is 1.43. The highest BCUT2D eigenvalue weighted by molar-refractivity contribution is 6.56. The molecule has 0 aromatic rings. The molecule has 0 radical (unpaired) electrons. The summed E-state index contributed by atoms with van der Waals surface area (Å²) in [6, 6.07) is 0. The van der Waals surface area contributed by atoms with E-state index in [9.17, 15) is 0 Å². The molecule has 0 N–H and O–H groups in total. The molecule has 3 heteroatoms. The molecule has 1 nitrogen and oxygen atoms in total. The summed E-state index contributed by atoms with van der Waals surface area (Å²) in [4.78, 5) is 2.44. The summed E-state index contributed by atoms with van der Waals surface area (Å²) in [5.74, 6) is 0. The van der Waals surface area contributed by atoms with Gasteiger partial charge in [-0.3, -0.25) is 4.90 Å². The third kappa shape index (κ3) is 8.12. The van der Waals surface area contributed by atoms with Crippen molar-refractivity contribution in [2.24, 2.45) is 0 Å². The highest BCUT2D eigenvalue weighted by Crippen LogP contribution is 2.15. The minimum Gasteiger partial charge on any atom is -0.299 e. The van der Waals surface area contributed by atoms with Gasteiger partial charge in [0.1, 0.15) is 4.49 Å². The van der Waals surface area contributed by atoms with Gasteiger partial charge >= 0.3 is 0 Å². The van der Waals surface area contributed by atoms with Crippen LogP contribution in [0.4, 0.5) is 0 Å². The van der Waals surface area contributed by atoms with E-state index in [-0.39, 0.29) is 0 Å². The Morgan fingerprint density at radius 3 is 1.80 bits per heavy atom. The monoisotopic (exact) mass is 251 g/mol. The van der Waals surface area contributed by atoms with E-state index in [1.165, 1.54) is 25.7 Å². The summed E-state index contributed by atoms with van der Waals surface area (Å²) in [6.07, 6.45) is 4.97. The second-order valence-electron chi connectivity index (χ2n) is 4.02. The first-order chi connectivity index (χ1) is 7.11. The maximum atomic E-state index is 5.76. The molecule has 0 rings (SSSR count). The molecule has 0 saturated heterocycles. The summed E-state index contributed by atoms with van der Waals surface area (Å²) in [5, 5.41) is 0. The Labute approximate surface area is 104 Å². The Hall–Kier alpha value is 0.280. The first-order valence-electron chi connectivity index (χ1n) is 5.84. The van der Waals surface area contributed by atoms with Gasteiger partial charge in [0, 0.05) is 6.54 Å². The van der Waals surface area contributed by atoms with E-state index in [0.717, 1.165) is 25.2 Å². The van der Waals surface area contributed by atoms with Crippen LogP contribution in [-0.4, -0.2) is 24.5 Å². The van der Waals surface area contributed by atoms with E-state index in [1.54, 1.807) is 0 Å². The van der Waals surface area contributed by atoms with Crippen molar-refractivity contribution in [3.05, 3.63) is 10.1 Å². The van der Waals surface area contributed by atoms with Crippen molar-refractivity contribution in [3.63, 3.8) is 0 Å². The van der Waals surface area contributed by atoms with E-state index in [1.807, 2.05) is 6.92 Å². The topological polar surface area (TPSA) is 3.24 Å². The van der Waals surface area contributed by atoms with Crippen molar-refractivity contribution in [1.29, 1.82) is 0 Å². The normalized spacial score (nSPS) is 10.8. The summed E-state index contributed by atoms with van der Waals surface area (Å²) in [6.45, 7) is 9.64. The van der Waals surface area contributed by atoms with E-state index in [2.05, 4.69) is 18.7 Å². The molecule has 90 valence electrons. The van der Waals surface area contributed by atoms with E-state index >= 15 is 0 Å². The predicted molar refractivity (Wildman–Crippen MR) is 70.7 cm³/mol. The maximum Gasteiger partial charge on any atom is 0.107 e. The molecular weight excluding hydrogens is 229 g/mol. The summed E-state index contributed by atoms with van der Waals surface area (Å²) in [5.41, 5.74) is 1.07. The molecule has 0 amide bonds. The van der Waals surface area contributed by atoms with Crippen LogP contribution in [0, 0.1) is 0 Å². The van der Waals surface area contributed by atoms with E-state index < -0.39 is 0 Å². The van der Waals surface area contributed by atoms with Crippen molar-refractivity contribution in [2.75, 3.05) is 19.6 Å². The number of hydrogen-bond donors (Lipinski definition) is 0. The summed E-state index contributed by atoms with van der Waals surface area (Å²) in [7, 11) is 0. The van der Waals surface area contributed by atoms with Gasteiger partial charge in [-0.2, -0.15) is 0 Å². The summed E-state index contributed by atoms with van der Waals surface area (Å²) >= 11 is 11.5. The Morgan fingerprint density at radius 1 is 1.00 bits per heavy atom. The lowest BCUT2D eigenvalue weighted by molar-refractivity contribution is 0.286. The van der Waals surface area contributed by atoms with Crippen LogP contribution in [0.1, 0.15) is 46.5 Å². The van der Waals surface area contributed by atoms with Crippen LogP contribution in [0.5, 0.6) is 0 Å². The van der Waals surface area contributed by atoms with Crippen molar-refractivity contribution < 1.29 is 0 Å². The second kappa shape index (κ2) is 9.50. The molecule has 0 atom stereocenters. The molecule has 0 aliphatic carbocycles. The molecule has 0 bridgehead atoms. The van der Waals surface area contributed by atoms with Gasteiger partial charge in [-0.05, 0) is 38.4 Å². The van der Waals surface area contributed by atoms with Crippen molar-refractivity contribution in [3.8, 4) is 0 Å². The molecule has 0 heterocycles. The maximum absolute atomic E-state index is 5.76. The standard InChI is InChI=1S/C12H23Cl2N/c1-4-6-8-15(9-7-5-2)10-11(3)12(13)14/h4-10H2,1-3H3. The van der Waals surface area contributed by atoms with Crippen LogP contribution in [0.3, 0.4) is 0 Å². The van der Waals surface area contributed by atoms with Gasteiger partial charge in [0.25, 0.3) is 0 Å². The number of rotatable bonds is 8. The lowest BCUT2D eigenvalue weighted by Crippen LogP contribution is -2.27. The molecule has 0 unspecified atom stereocenters. The predicted octanol–water partition coefficient (Wildman–Crippen LogP) is 4.60. The van der Waals surface area contributed by atoms with Crippen LogP contribution in [0.2, 0.25) is 0 Å². The smallest absolute Gasteiger partial charge is 0.107 e. The van der Waals surface area contributed by atoms with Gasteiger partial charge in [-0.1, -0.05) is 49.9 Å². The quantitative estimate of drug-likeness (QED) is 0.610. The highest BCUT2D eigenvalue weighted by atomic mass is 35.5. The van der Waals surface area contributed by atoms with Gasteiger partial charge in [0.05, 0.1) is 0 Å².